The van der Waals surface area contributed by atoms with Gasteiger partial charge in [0.1, 0.15) is 5.82 Å². The number of carbonyl (C=O) groups excluding carboxylic acids is 2. The predicted octanol–water partition coefficient (Wildman–Crippen LogP) is 4.08. The molecule has 1 aromatic carbocycles. The molecule has 2 heterocycles. The molecular formula is C23H29N3O2. The summed E-state index contributed by atoms with van der Waals surface area (Å²) in [5, 5.41) is 0. The fourth-order valence-corrected chi connectivity index (χ4v) is 3.77. The van der Waals surface area contributed by atoms with Gasteiger partial charge in [-0.1, -0.05) is 43.7 Å². The first-order chi connectivity index (χ1) is 13.4. The van der Waals surface area contributed by atoms with E-state index in [0.29, 0.717) is 19.5 Å². The lowest BCUT2D eigenvalue weighted by atomic mass is 9.89. The second kappa shape index (κ2) is 8.63. The van der Waals surface area contributed by atoms with Crippen molar-refractivity contribution in [1.29, 1.82) is 0 Å². The van der Waals surface area contributed by atoms with Crippen molar-refractivity contribution in [2.75, 3.05) is 13.1 Å². The first-order valence-corrected chi connectivity index (χ1v) is 10.1. The second-order valence-corrected chi connectivity index (χ2v) is 7.85. The van der Waals surface area contributed by atoms with Crippen LogP contribution in [0.5, 0.6) is 0 Å². The topological polar surface area (TPSA) is 63.2 Å². The highest BCUT2D eigenvalue weighted by Crippen LogP contribution is 2.33. The quantitative estimate of drug-likeness (QED) is 0.734. The van der Waals surface area contributed by atoms with Crippen LogP contribution >= 0.6 is 0 Å². The van der Waals surface area contributed by atoms with Gasteiger partial charge in [-0.05, 0) is 38.7 Å². The zero-order valence-electron chi connectivity index (χ0n) is 17.2. The van der Waals surface area contributed by atoms with Gasteiger partial charge in [0.2, 0.25) is 5.78 Å². The Morgan fingerprint density at radius 2 is 2.07 bits per heavy atom. The monoisotopic (exact) mass is 379 g/mol. The highest BCUT2D eigenvalue weighted by Gasteiger charge is 2.32. The van der Waals surface area contributed by atoms with Crippen molar-refractivity contribution in [2.45, 2.75) is 52.9 Å². The Morgan fingerprint density at radius 1 is 1.29 bits per heavy atom. The molecule has 0 aliphatic carbocycles. The van der Waals surface area contributed by atoms with E-state index in [9.17, 15) is 9.59 Å². The van der Waals surface area contributed by atoms with E-state index in [-0.39, 0.29) is 23.5 Å². The van der Waals surface area contributed by atoms with E-state index in [4.69, 9.17) is 4.98 Å². The number of Topliss-reactive ketones (excluding diaryl/α,β-unsaturated/α-hetero) is 1. The molecule has 0 radical (unpaired) electrons. The lowest BCUT2D eigenvalue weighted by Gasteiger charge is -2.33. The van der Waals surface area contributed by atoms with Crippen LogP contribution in [0.2, 0.25) is 0 Å². The fraction of sp³-hybridized carbons (Fsp3) is 0.478. The van der Waals surface area contributed by atoms with Crippen molar-refractivity contribution in [1.82, 2.24) is 14.9 Å². The molecule has 28 heavy (non-hydrogen) atoms. The number of nitrogens with zero attached hydrogens (tertiary/aromatic N) is 3. The molecule has 148 valence electrons. The van der Waals surface area contributed by atoms with Gasteiger partial charge in [0.05, 0.1) is 5.69 Å². The number of hydrogen-bond acceptors (Lipinski definition) is 4. The average molecular weight is 380 g/mol. The first kappa shape index (κ1) is 20.2. The van der Waals surface area contributed by atoms with Crippen molar-refractivity contribution in [3.8, 4) is 11.1 Å². The van der Waals surface area contributed by atoms with Crippen LogP contribution < -0.4 is 0 Å². The Labute approximate surface area is 167 Å². The number of benzene rings is 1. The first-order valence-electron chi connectivity index (χ1n) is 10.1. The van der Waals surface area contributed by atoms with Crippen molar-refractivity contribution >= 4 is 11.7 Å². The summed E-state index contributed by atoms with van der Waals surface area (Å²) in [6.45, 7) is 8.90. The minimum absolute atomic E-state index is 0.111. The number of carbonyl (C=O) groups is 2. The summed E-state index contributed by atoms with van der Waals surface area (Å²) in [7, 11) is 0. The Hall–Kier alpha value is -2.56. The number of amides is 1. The van der Waals surface area contributed by atoms with Crippen molar-refractivity contribution < 1.29 is 9.59 Å². The van der Waals surface area contributed by atoms with Crippen LogP contribution in [0.15, 0.2) is 30.5 Å². The maximum absolute atomic E-state index is 12.7. The maximum atomic E-state index is 12.7. The number of aromatic nitrogens is 2. The number of piperidine rings is 1. The van der Waals surface area contributed by atoms with Crippen LogP contribution in [0.4, 0.5) is 0 Å². The predicted molar refractivity (Wildman–Crippen MR) is 110 cm³/mol. The molecule has 2 aromatic rings. The molecule has 1 aliphatic rings. The van der Waals surface area contributed by atoms with Gasteiger partial charge < -0.3 is 4.90 Å². The Morgan fingerprint density at radius 3 is 2.79 bits per heavy atom. The second-order valence-electron chi connectivity index (χ2n) is 7.85. The average Bonchev–Trinajstić information content (AvgIpc) is 2.72. The van der Waals surface area contributed by atoms with E-state index in [0.717, 1.165) is 35.5 Å². The van der Waals surface area contributed by atoms with Crippen LogP contribution in [0.25, 0.3) is 11.1 Å². The number of ketones is 1. The SMILES string of the molecule is CC[C@@H](C)C(=O)C(=O)N1CCC[C@H](c2nc(C)ncc2-c2cccc(C)c2)C1. The maximum Gasteiger partial charge on any atom is 0.290 e. The summed E-state index contributed by atoms with van der Waals surface area (Å²) in [6, 6.07) is 8.31. The van der Waals surface area contributed by atoms with E-state index >= 15 is 0 Å². The summed E-state index contributed by atoms with van der Waals surface area (Å²) in [5.41, 5.74) is 4.27. The molecule has 5 heteroatoms. The van der Waals surface area contributed by atoms with Crippen LogP contribution in [0.1, 0.15) is 56.1 Å². The molecule has 0 spiro atoms. The molecule has 3 rings (SSSR count). The van der Waals surface area contributed by atoms with Gasteiger partial charge in [-0.3, -0.25) is 9.59 Å². The molecule has 0 N–H and O–H groups in total. The van der Waals surface area contributed by atoms with Gasteiger partial charge in [0.15, 0.2) is 0 Å². The summed E-state index contributed by atoms with van der Waals surface area (Å²) in [5.74, 6) is -0.00920. The Balaban J connectivity index is 1.90. The molecule has 1 saturated heterocycles. The normalized spacial score (nSPS) is 18.0. The van der Waals surface area contributed by atoms with Crippen LogP contribution in [0, 0.1) is 19.8 Å². The number of aryl methyl sites for hydroxylation is 2. The van der Waals surface area contributed by atoms with Crippen LogP contribution in [-0.2, 0) is 9.59 Å². The minimum atomic E-state index is -0.345. The molecule has 1 aliphatic heterocycles. The number of likely N-dealkylation sites (tertiary alicyclic amines) is 1. The molecule has 1 amide bonds. The standard InChI is InChI=1S/C23H29N3O2/c1-5-16(3)22(27)23(28)26-11-7-10-19(14-26)21-20(13-24-17(4)25-21)18-9-6-8-15(2)12-18/h6,8-9,12-13,16,19H,5,7,10-11,14H2,1-4H3/t16-,19+/m1/s1. The third-order valence-corrected chi connectivity index (χ3v) is 5.63. The van der Waals surface area contributed by atoms with E-state index in [1.54, 1.807) is 4.90 Å². The summed E-state index contributed by atoms with van der Waals surface area (Å²) in [6.07, 6.45) is 4.40. The molecule has 1 fully saturated rings. The number of rotatable bonds is 5. The third kappa shape index (κ3) is 4.29. The zero-order valence-corrected chi connectivity index (χ0v) is 17.2. The van der Waals surface area contributed by atoms with Gasteiger partial charge in [0, 0.05) is 36.7 Å². The smallest absolute Gasteiger partial charge is 0.290 e. The molecule has 1 aromatic heterocycles. The fourth-order valence-electron chi connectivity index (χ4n) is 3.77. The summed E-state index contributed by atoms with van der Waals surface area (Å²) >= 11 is 0. The van der Waals surface area contributed by atoms with Gasteiger partial charge in [-0.2, -0.15) is 0 Å². The van der Waals surface area contributed by atoms with Gasteiger partial charge in [-0.25, -0.2) is 9.97 Å². The van der Waals surface area contributed by atoms with Crippen molar-refractivity contribution in [2.24, 2.45) is 5.92 Å². The summed E-state index contributed by atoms with van der Waals surface area (Å²) in [4.78, 5) is 36.0. The van der Waals surface area contributed by atoms with Crippen molar-refractivity contribution in [3.63, 3.8) is 0 Å². The Bertz CT molecular complexity index is 878. The van der Waals surface area contributed by atoms with Gasteiger partial charge in [0.25, 0.3) is 5.91 Å². The molecule has 5 nitrogen and oxygen atoms in total. The lowest BCUT2D eigenvalue weighted by Crippen LogP contribution is -2.44. The van der Waals surface area contributed by atoms with E-state index in [2.05, 4.69) is 30.1 Å². The lowest BCUT2D eigenvalue weighted by molar-refractivity contribution is -0.147. The largest absolute Gasteiger partial charge is 0.335 e. The van der Waals surface area contributed by atoms with Crippen LogP contribution in [-0.4, -0.2) is 39.6 Å². The highest BCUT2D eigenvalue weighted by molar-refractivity contribution is 6.36. The van der Waals surface area contributed by atoms with Gasteiger partial charge >= 0.3 is 0 Å². The van der Waals surface area contributed by atoms with E-state index in [1.807, 2.05) is 33.0 Å². The molecule has 0 unspecified atom stereocenters. The van der Waals surface area contributed by atoms with Crippen molar-refractivity contribution in [3.05, 3.63) is 47.5 Å². The summed E-state index contributed by atoms with van der Waals surface area (Å²) < 4.78 is 0. The minimum Gasteiger partial charge on any atom is -0.335 e. The van der Waals surface area contributed by atoms with E-state index in [1.165, 1.54) is 5.56 Å². The third-order valence-electron chi connectivity index (χ3n) is 5.63. The van der Waals surface area contributed by atoms with Crippen LogP contribution in [0.3, 0.4) is 0 Å². The molecule has 2 atom stereocenters. The molecule has 0 saturated carbocycles. The zero-order chi connectivity index (χ0) is 20.3. The van der Waals surface area contributed by atoms with Gasteiger partial charge in [-0.15, -0.1) is 0 Å². The molecule has 0 bridgehead atoms. The van der Waals surface area contributed by atoms with E-state index < -0.39 is 0 Å². The highest BCUT2D eigenvalue weighted by atomic mass is 16.2. The Kier molecular flexibility index (Phi) is 6.22. The molecular weight excluding hydrogens is 350 g/mol. The number of hydrogen-bond donors (Lipinski definition) is 0.